The molecule has 2 saturated carbocycles. The number of hydrogen-bond donors (Lipinski definition) is 2. The average Bonchev–Trinajstić information content (AvgIpc) is 3.00. The highest BCUT2D eigenvalue weighted by molar-refractivity contribution is 5.86. The standard InChI is InChI=1S/C35H62O6/c1-6-8-9-10-11-12-28-13-15-30(16-14-28)31-17-19-32(20-18-31)35(7-2,24-40-33(38)26(3)4)25-41-34(39)27(5)21-29(22-36)23-37/h27-32,36-37H,3,6-25H2,1-2,4-5H3. The van der Waals surface area contributed by atoms with Gasteiger partial charge in [0.1, 0.15) is 13.2 Å². The van der Waals surface area contributed by atoms with Gasteiger partial charge in [-0.15, -0.1) is 0 Å². The summed E-state index contributed by atoms with van der Waals surface area (Å²) in [5, 5.41) is 18.8. The maximum atomic E-state index is 12.9. The van der Waals surface area contributed by atoms with Crippen LogP contribution in [0.5, 0.6) is 0 Å². The van der Waals surface area contributed by atoms with Crippen molar-refractivity contribution in [1.82, 2.24) is 0 Å². The first-order valence-electron chi connectivity index (χ1n) is 16.9. The molecule has 0 amide bonds. The Balaban J connectivity index is 1.94. The fourth-order valence-electron chi connectivity index (χ4n) is 7.45. The number of aliphatic hydroxyl groups excluding tert-OH is 2. The van der Waals surface area contributed by atoms with Crippen molar-refractivity contribution in [2.75, 3.05) is 26.4 Å². The third kappa shape index (κ3) is 11.7. The van der Waals surface area contributed by atoms with Crippen LogP contribution in [0.15, 0.2) is 12.2 Å². The molecule has 0 radical (unpaired) electrons. The molecule has 0 aromatic carbocycles. The summed E-state index contributed by atoms with van der Waals surface area (Å²) in [7, 11) is 0. The van der Waals surface area contributed by atoms with Crippen molar-refractivity contribution < 1.29 is 29.3 Å². The smallest absolute Gasteiger partial charge is 0.333 e. The number of hydrogen-bond acceptors (Lipinski definition) is 6. The Bertz CT molecular complexity index is 761. The van der Waals surface area contributed by atoms with Gasteiger partial charge in [0.15, 0.2) is 0 Å². The van der Waals surface area contributed by atoms with Gasteiger partial charge in [-0.25, -0.2) is 4.79 Å². The summed E-state index contributed by atoms with van der Waals surface area (Å²) >= 11 is 0. The van der Waals surface area contributed by atoms with Gasteiger partial charge >= 0.3 is 11.9 Å². The summed E-state index contributed by atoms with van der Waals surface area (Å²) in [5.41, 5.74) is -0.0474. The molecular weight excluding hydrogens is 516 g/mol. The third-order valence-corrected chi connectivity index (χ3v) is 10.6. The van der Waals surface area contributed by atoms with Crippen LogP contribution < -0.4 is 0 Å². The average molecular weight is 579 g/mol. The van der Waals surface area contributed by atoms with E-state index >= 15 is 0 Å². The van der Waals surface area contributed by atoms with Gasteiger partial charge in [0, 0.05) is 30.1 Å². The molecule has 0 aromatic heterocycles. The summed E-state index contributed by atoms with van der Waals surface area (Å²) in [4.78, 5) is 25.2. The molecule has 2 fully saturated rings. The molecule has 0 saturated heterocycles. The summed E-state index contributed by atoms with van der Waals surface area (Å²) in [6.07, 6.45) is 19.5. The molecule has 0 aromatic rings. The van der Waals surface area contributed by atoms with Gasteiger partial charge in [-0.05, 0) is 82.0 Å². The zero-order valence-electron chi connectivity index (χ0n) is 26.8. The van der Waals surface area contributed by atoms with E-state index in [1.807, 2.05) is 0 Å². The minimum Gasteiger partial charge on any atom is -0.465 e. The number of carbonyl (C=O) groups excluding carboxylic acids is 2. The van der Waals surface area contributed by atoms with Crippen LogP contribution in [0.3, 0.4) is 0 Å². The molecule has 6 nitrogen and oxygen atoms in total. The lowest BCUT2D eigenvalue weighted by Crippen LogP contribution is -2.43. The lowest BCUT2D eigenvalue weighted by atomic mass is 9.62. The van der Waals surface area contributed by atoms with E-state index in [1.54, 1.807) is 13.8 Å². The number of rotatable bonds is 19. The first kappa shape index (κ1) is 35.8. The normalized spacial score (nSPS) is 25.3. The van der Waals surface area contributed by atoms with Gasteiger partial charge in [0.05, 0.1) is 5.92 Å². The zero-order valence-corrected chi connectivity index (χ0v) is 26.8. The molecule has 0 heterocycles. The highest BCUT2D eigenvalue weighted by Crippen LogP contribution is 2.48. The van der Waals surface area contributed by atoms with Crippen LogP contribution in [0, 0.1) is 40.9 Å². The second kappa shape index (κ2) is 19.0. The summed E-state index contributed by atoms with van der Waals surface area (Å²) in [6.45, 7) is 11.7. The molecule has 2 atom stereocenters. The first-order chi connectivity index (χ1) is 19.7. The molecule has 2 aliphatic carbocycles. The van der Waals surface area contributed by atoms with Crippen molar-refractivity contribution in [3.8, 4) is 0 Å². The van der Waals surface area contributed by atoms with Gasteiger partial charge in [-0.1, -0.05) is 78.7 Å². The van der Waals surface area contributed by atoms with E-state index in [0.29, 0.717) is 17.9 Å². The van der Waals surface area contributed by atoms with E-state index in [9.17, 15) is 19.8 Å². The van der Waals surface area contributed by atoms with Crippen LogP contribution in [0.25, 0.3) is 0 Å². The van der Waals surface area contributed by atoms with Crippen molar-refractivity contribution in [3.05, 3.63) is 12.2 Å². The van der Waals surface area contributed by atoms with Crippen LogP contribution in [0.1, 0.15) is 130 Å². The molecule has 2 N–H and O–H groups in total. The molecule has 0 aliphatic heterocycles. The van der Waals surface area contributed by atoms with Crippen molar-refractivity contribution in [2.45, 2.75) is 130 Å². The third-order valence-electron chi connectivity index (χ3n) is 10.6. The van der Waals surface area contributed by atoms with Crippen LogP contribution in [-0.4, -0.2) is 48.6 Å². The maximum Gasteiger partial charge on any atom is 0.333 e. The molecule has 238 valence electrons. The fourth-order valence-corrected chi connectivity index (χ4v) is 7.45. The predicted molar refractivity (Wildman–Crippen MR) is 165 cm³/mol. The van der Waals surface area contributed by atoms with Crippen molar-refractivity contribution in [2.24, 2.45) is 40.9 Å². The molecule has 41 heavy (non-hydrogen) atoms. The first-order valence-corrected chi connectivity index (χ1v) is 16.9. The van der Waals surface area contributed by atoms with E-state index in [2.05, 4.69) is 20.4 Å². The topological polar surface area (TPSA) is 93.1 Å². The van der Waals surface area contributed by atoms with Gasteiger partial charge in [0.25, 0.3) is 0 Å². The Morgan fingerprint density at radius 1 is 0.854 bits per heavy atom. The van der Waals surface area contributed by atoms with Crippen LogP contribution in [0.4, 0.5) is 0 Å². The SMILES string of the molecule is C=C(C)C(=O)OCC(CC)(COC(=O)C(C)CC(CO)CO)C1CCC(C2CCC(CCCCCCC)CC2)CC1. The molecule has 2 aliphatic rings. The van der Waals surface area contributed by atoms with E-state index in [1.165, 1.54) is 77.0 Å². The van der Waals surface area contributed by atoms with E-state index < -0.39 is 17.3 Å². The number of esters is 2. The van der Waals surface area contributed by atoms with Crippen LogP contribution in [0.2, 0.25) is 0 Å². The second-order valence-corrected chi connectivity index (χ2v) is 13.6. The van der Waals surface area contributed by atoms with E-state index in [0.717, 1.165) is 37.0 Å². The number of ether oxygens (including phenoxy) is 2. The molecule has 6 heteroatoms. The van der Waals surface area contributed by atoms with Gasteiger partial charge < -0.3 is 19.7 Å². The monoisotopic (exact) mass is 578 g/mol. The Morgan fingerprint density at radius 2 is 1.41 bits per heavy atom. The van der Waals surface area contributed by atoms with Gasteiger partial charge in [-0.2, -0.15) is 0 Å². The minimum absolute atomic E-state index is 0.159. The number of unbranched alkanes of at least 4 members (excludes halogenated alkanes) is 4. The van der Waals surface area contributed by atoms with Crippen molar-refractivity contribution in [3.63, 3.8) is 0 Å². The lowest BCUT2D eigenvalue weighted by molar-refractivity contribution is -0.160. The quantitative estimate of drug-likeness (QED) is 0.0929. The van der Waals surface area contributed by atoms with Crippen LogP contribution >= 0.6 is 0 Å². The zero-order chi connectivity index (χ0) is 30.3. The van der Waals surface area contributed by atoms with E-state index in [4.69, 9.17) is 9.47 Å². The Labute approximate surface area is 251 Å². The highest BCUT2D eigenvalue weighted by Gasteiger charge is 2.43. The Morgan fingerprint density at radius 3 is 1.95 bits per heavy atom. The van der Waals surface area contributed by atoms with Gasteiger partial charge in [0.2, 0.25) is 0 Å². The Hall–Kier alpha value is -1.40. The predicted octanol–water partition coefficient (Wildman–Crippen LogP) is 7.65. The lowest BCUT2D eigenvalue weighted by Gasteiger charge is -2.45. The Kier molecular flexibility index (Phi) is 16.6. The largest absolute Gasteiger partial charge is 0.465 e. The summed E-state index contributed by atoms with van der Waals surface area (Å²) < 4.78 is 11.6. The molecular formula is C35H62O6. The number of aliphatic hydroxyl groups is 2. The van der Waals surface area contributed by atoms with Gasteiger partial charge in [-0.3, -0.25) is 4.79 Å². The second-order valence-electron chi connectivity index (χ2n) is 13.6. The minimum atomic E-state index is -0.422. The van der Waals surface area contributed by atoms with Crippen molar-refractivity contribution in [1.29, 1.82) is 0 Å². The van der Waals surface area contributed by atoms with Crippen LogP contribution in [-0.2, 0) is 19.1 Å². The summed E-state index contributed by atoms with van der Waals surface area (Å²) in [6, 6.07) is 0. The molecule has 0 spiro atoms. The molecule has 0 bridgehead atoms. The maximum absolute atomic E-state index is 12.9. The fraction of sp³-hybridized carbons (Fsp3) is 0.886. The molecule has 2 rings (SSSR count). The van der Waals surface area contributed by atoms with Crippen molar-refractivity contribution >= 4 is 11.9 Å². The number of carbonyl (C=O) groups is 2. The molecule has 2 unspecified atom stereocenters. The highest BCUT2D eigenvalue weighted by atomic mass is 16.5. The van der Waals surface area contributed by atoms with E-state index in [-0.39, 0.29) is 38.3 Å². The summed E-state index contributed by atoms with van der Waals surface area (Å²) in [5.74, 6) is 1.41.